The van der Waals surface area contributed by atoms with Crippen LogP contribution in [-0.2, 0) is 24.7 Å². The number of ketones is 6. The first-order valence-corrected chi connectivity index (χ1v) is 37.1. The predicted molar refractivity (Wildman–Crippen MR) is 433 cm³/mol. The van der Waals surface area contributed by atoms with Crippen molar-refractivity contribution < 1.29 is 127 Å². The zero-order chi connectivity index (χ0) is 98.8. The molecule has 0 spiro atoms. The highest BCUT2D eigenvalue weighted by Gasteiger charge is 2.39. The molecule has 12 aromatic carbocycles. The standard InChI is InChI=1S/C15H6Cl2F6O.C15H6Cl2N2O.C15H6F8O.C15H6F2N2O.C13H6Cl2N2O5.C13H6F2N2O5/c16-11-3-1-7(5-9(11)14(18,19)20)13(24)8-2-4-12(17)10(6-8)15(21,22)23;16-13-3-1-9(5-11(13)7-18)15(20)10-2-4-14(17)12(6-10)8-19;16-11-3-1-7(5-9(11)14(18,19)20)13(24)8-2-4-12(17)10(6-8)15(21,22)23;16-13-3-1-9(5-11(13)7-18)15(20)10-2-4-14(17)12(6-10)8-19;2*14-9-3-1-7(5-11(9)16(19)20)13(18)8-2-4-10(15)12(6-8)17(21)22/h1-6H;1-6H;1-6H;1-6H;2*1-6H. The molecule has 0 heterocycles. The van der Waals surface area contributed by atoms with Gasteiger partial charge in [-0.05, 0) is 194 Å². The number of nitrogens with zero attached hydrogens (tertiary/aromatic N) is 8. The lowest BCUT2D eigenvalue weighted by Gasteiger charge is -2.12. The molecule has 0 aliphatic carbocycles. The minimum absolute atomic E-state index is 0.00674. The van der Waals surface area contributed by atoms with E-state index in [1.807, 2.05) is 12.1 Å². The molecule has 672 valence electrons. The fourth-order valence-corrected chi connectivity index (χ4v) is 11.9. The summed E-state index contributed by atoms with van der Waals surface area (Å²) in [6.07, 6.45) is -19.8. The normalized spacial score (nSPS) is 10.8. The molecule has 0 N–H and O–H groups in total. The van der Waals surface area contributed by atoms with E-state index in [0.717, 1.165) is 84.9 Å². The van der Waals surface area contributed by atoms with Crippen molar-refractivity contribution in [3.05, 3.63) is 435 Å². The molecule has 0 aromatic heterocycles. The zero-order valence-electron chi connectivity index (χ0n) is 64.1. The summed E-state index contributed by atoms with van der Waals surface area (Å²) in [5.41, 5.74) is -10.5. The number of rotatable bonds is 16. The first-order valence-electron chi connectivity index (χ1n) is 34.9. The van der Waals surface area contributed by atoms with Gasteiger partial charge in [0.1, 0.15) is 57.6 Å². The van der Waals surface area contributed by atoms with Crippen LogP contribution in [0.1, 0.15) is 140 Å². The number of carbonyl (C=O) groups excluding carboxylic acids is 6. The molecule has 0 aliphatic rings. The van der Waals surface area contributed by atoms with E-state index in [9.17, 15) is 148 Å². The van der Waals surface area contributed by atoms with E-state index in [0.29, 0.717) is 59.7 Å². The van der Waals surface area contributed by atoms with Crippen LogP contribution in [0.3, 0.4) is 0 Å². The number of hydrogen-bond donors (Lipinski definition) is 0. The molecule has 12 rings (SSSR count). The van der Waals surface area contributed by atoms with Crippen LogP contribution in [-0.4, -0.2) is 54.4 Å². The average Bonchev–Trinajstić information content (AvgIpc) is 0.787. The van der Waals surface area contributed by atoms with E-state index in [4.69, 9.17) is 90.7 Å². The molecule has 12 aromatic rings. The van der Waals surface area contributed by atoms with Gasteiger partial charge in [-0.1, -0.05) is 69.6 Å². The maximum atomic E-state index is 13.2. The number of nitro groups is 4. The van der Waals surface area contributed by atoms with Crippen LogP contribution in [0, 0.1) is 121 Å². The molecule has 22 nitrogen and oxygen atoms in total. The molecule has 0 amide bonds. The Morgan fingerprint density at radius 3 is 0.629 bits per heavy atom. The maximum absolute atomic E-state index is 13.2. The summed E-state index contributed by atoms with van der Waals surface area (Å²) in [5.74, 6) is -11.4. The number of hydrogen-bond acceptors (Lipinski definition) is 18. The molecule has 0 fully saturated rings. The van der Waals surface area contributed by atoms with Crippen LogP contribution < -0.4 is 0 Å². The molecular weight excluding hydrogens is 1920 g/mol. The first-order chi connectivity index (χ1) is 61.6. The summed E-state index contributed by atoms with van der Waals surface area (Å²) in [7, 11) is 0. The second-order valence-electron chi connectivity index (χ2n) is 25.7. The lowest BCUT2D eigenvalue weighted by Crippen LogP contribution is -2.13. The molecule has 0 unspecified atom stereocenters. The van der Waals surface area contributed by atoms with Crippen molar-refractivity contribution in [2.24, 2.45) is 0 Å². The Morgan fingerprint density at radius 2 is 0.402 bits per heavy atom. The number of carbonyl (C=O) groups is 6. The Labute approximate surface area is 755 Å². The van der Waals surface area contributed by atoms with Gasteiger partial charge in [-0.2, -0.15) is 82.5 Å². The van der Waals surface area contributed by atoms with Gasteiger partial charge in [0.15, 0.2) is 34.7 Å². The van der Waals surface area contributed by atoms with Gasteiger partial charge in [0.25, 0.3) is 11.4 Å². The average molecular weight is 1960 g/mol. The van der Waals surface area contributed by atoms with E-state index in [1.165, 1.54) is 72.8 Å². The van der Waals surface area contributed by atoms with Crippen LogP contribution in [0.4, 0.5) is 102 Å². The van der Waals surface area contributed by atoms with E-state index >= 15 is 0 Å². The minimum Gasteiger partial charge on any atom is -0.289 e. The van der Waals surface area contributed by atoms with Crippen molar-refractivity contribution in [3.8, 4) is 24.3 Å². The predicted octanol–water partition coefficient (Wildman–Crippen LogP) is 25.5. The fourth-order valence-electron chi connectivity index (χ4n) is 10.7. The Kier molecular flexibility index (Phi) is 34.3. The number of alkyl halides is 12. The summed E-state index contributed by atoms with van der Waals surface area (Å²) < 4.78 is 232. The number of nitro benzene ring substituents is 4. The number of halogens is 24. The molecular formula is C86H36Cl6F18N8O14. The van der Waals surface area contributed by atoms with Crippen molar-refractivity contribution in [2.75, 3.05) is 0 Å². The second-order valence-corrected chi connectivity index (χ2v) is 28.1. The van der Waals surface area contributed by atoms with Crippen LogP contribution >= 0.6 is 69.6 Å². The third kappa shape index (κ3) is 26.5. The molecule has 0 saturated heterocycles. The van der Waals surface area contributed by atoms with Gasteiger partial charge >= 0.3 is 36.1 Å². The van der Waals surface area contributed by atoms with Crippen molar-refractivity contribution in [3.63, 3.8) is 0 Å². The van der Waals surface area contributed by atoms with Gasteiger partial charge in [-0.15, -0.1) is 0 Å². The van der Waals surface area contributed by atoms with Crippen molar-refractivity contribution in [1.82, 2.24) is 0 Å². The van der Waals surface area contributed by atoms with Crippen LogP contribution in [0.5, 0.6) is 0 Å². The van der Waals surface area contributed by atoms with Crippen molar-refractivity contribution >= 4 is 127 Å². The smallest absolute Gasteiger partial charge is 0.289 e. The molecule has 132 heavy (non-hydrogen) atoms. The van der Waals surface area contributed by atoms with Gasteiger partial charge in [0.2, 0.25) is 11.6 Å². The van der Waals surface area contributed by atoms with Gasteiger partial charge < -0.3 is 0 Å². The van der Waals surface area contributed by atoms with E-state index in [2.05, 4.69) is 0 Å². The van der Waals surface area contributed by atoms with Gasteiger partial charge in [-0.3, -0.25) is 69.2 Å². The summed E-state index contributed by atoms with van der Waals surface area (Å²) in [5, 5.41) is 77.3. The van der Waals surface area contributed by atoms with Gasteiger partial charge in [0.05, 0.1) is 84.3 Å². The maximum Gasteiger partial charge on any atom is 0.419 e. The van der Waals surface area contributed by atoms with E-state index < -0.39 is 186 Å². The topological polar surface area (TPSA) is 370 Å². The molecule has 0 saturated carbocycles. The highest BCUT2D eigenvalue weighted by molar-refractivity contribution is 6.34. The van der Waals surface area contributed by atoms with Crippen LogP contribution in [0.25, 0.3) is 0 Å². The highest BCUT2D eigenvalue weighted by Crippen LogP contribution is 2.41. The third-order valence-electron chi connectivity index (χ3n) is 17.2. The molecule has 0 aliphatic heterocycles. The van der Waals surface area contributed by atoms with Gasteiger partial charge in [0, 0.05) is 91.0 Å². The zero-order valence-corrected chi connectivity index (χ0v) is 68.7. The van der Waals surface area contributed by atoms with Crippen LogP contribution in [0.2, 0.25) is 30.1 Å². The lowest BCUT2D eigenvalue weighted by molar-refractivity contribution is -0.387. The van der Waals surface area contributed by atoms with Crippen molar-refractivity contribution in [2.45, 2.75) is 24.7 Å². The molecule has 46 heteroatoms. The third-order valence-corrected chi connectivity index (χ3v) is 19.1. The summed E-state index contributed by atoms with van der Waals surface area (Å²) in [4.78, 5) is 113. The quantitative estimate of drug-likeness (QED) is 0.0375. The van der Waals surface area contributed by atoms with E-state index in [1.54, 1.807) is 12.1 Å². The largest absolute Gasteiger partial charge is 0.419 e. The van der Waals surface area contributed by atoms with Crippen molar-refractivity contribution in [1.29, 1.82) is 21.0 Å². The molecule has 0 bridgehead atoms. The van der Waals surface area contributed by atoms with Gasteiger partial charge in [-0.25, -0.2) is 17.6 Å². The number of benzene rings is 12. The Morgan fingerprint density at radius 1 is 0.227 bits per heavy atom. The second kappa shape index (κ2) is 43.7. The van der Waals surface area contributed by atoms with E-state index in [-0.39, 0.29) is 93.6 Å². The summed E-state index contributed by atoms with van der Waals surface area (Å²) in [6.45, 7) is 0. The molecule has 0 atom stereocenters. The monoisotopic (exact) mass is 1960 g/mol. The Bertz CT molecular complexity index is 6100. The fraction of sp³-hybridized carbons (Fsp3) is 0.0465. The summed E-state index contributed by atoms with van der Waals surface area (Å²) in [6, 6.07) is 42.0. The minimum atomic E-state index is -5.08. The molecule has 0 radical (unpaired) electrons. The SMILES string of the molecule is N#Cc1cc(C(=O)c2ccc(Cl)c(C#N)c2)ccc1Cl.N#Cc1cc(C(=O)c2ccc(F)c(C#N)c2)ccc1F.O=C(c1ccc(Cl)c(C(F)(F)F)c1)c1ccc(Cl)c(C(F)(F)F)c1.O=C(c1ccc(Cl)c([N+](=O)[O-])c1)c1ccc(Cl)c([N+](=O)[O-])c1.O=C(c1ccc(F)c(C(F)(F)F)c1)c1ccc(F)c(C(F)(F)F)c1.O=C(c1ccc(F)c([N+](=O)[O-])c1)c1ccc(F)c([N+](=O)[O-])c1. The Balaban J connectivity index is 0.000000217. The highest BCUT2D eigenvalue weighted by atomic mass is 35.5. The lowest BCUT2D eigenvalue weighted by atomic mass is 9.99. The Hall–Kier alpha value is -15.3. The number of nitriles is 4. The van der Waals surface area contributed by atoms with Crippen LogP contribution in [0.15, 0.2) is 218 Å². The first kappa shape index (κ1) is 104. The summed E-state index contributed by atoms with van der Waals surface area (Å²) >= 11 is 33.9.